The Kier molecular flexibility index (Phi) is 5.94. The van der Waals surface area contributed by atoms with Gasteiger partial charge in [0.05, 0.1) is 5.69 Å². The molecule has 1 aliphatic heterocycles. The molecule has 30 heavy (non-hydrogen) atoms. The van der Waals surface area contributed by atoms with E-state index in [0.717, 1.165) is 48.3 Å². The quantitative estimate of drug-likeness (QED) is 0.756. The molecule has 8 nitrogen and oxygen atoms in total. The minimum atomic E-state index is -0.443. The van der Waals surface area contributed by atoms with Crippen LogP contribution < -0.4 is 10.1 Å². The summed E-state index contributed by atoms with van der Waals surface area (Å²) < 4.78 is 6.16. The molecule has 2 aliphatic rings. The summed E-state index contributed by atoms with van der Waals surface area (Å²) in [7, 11) is 0. The molecule has 4 rings (SSSR count). The minimum absolute atomic E-state index is 0.0197. The molecule has 1 saturated carbocycles. The van der Waals surface area contributed by atoms with E-state index in [4.69, 9.17) is 9.84 Å². The van der Waals surface area contributed by atoms with Gasteiger partial charge in [0.2, 0.25) is 11.8 Å². The maximum absolute atomic E-state index is 12.0. The topological polar surface area (TPSA) is 105 Å². The third-order valence-corrected chi connectivity index (χ3v) is 5.56. The molecule has 0 radical (unpaired) electrons. The summed E-state index contributed by atoms with van der Waals surface area (Å²) in [6.45, 7) is 2.73. The summed E-state index contributed by atoms with van der Waals surface area (Å²) in [5.74, 6) is 1.23. The van der Waals surface area contributed by atoms with Crippen LogP contribution in [0.15, 0.2) is 30.6 Å². The first-order valence-electron chi connectivity index (χ1n) is 10.3. The van der Waals surface area contributed by atoms with Crippen molar-refractivity contribution in [1.29, 1.82) is 0 Å². The number of carbonyl (C=O) groups is 2. The minimum Gasteiger partial charge on any atom is -0.490 e. The largest absolute Gasteiger partial charge is 0.490 e. The van der Waals surface area contributed by atoms with Gasteiger partial charge in [-0.3, -0.25) is 9.59 Å². The number of aryl methyl sites for hydroxylation is 1. The van der Waals surface area contributed by atoms with Gasteiger partial charge < -0.3 is 20.1 Å². The highest BCUT2D eigenvalue weighted by atomic mass is 16.5. The number of aliphatic hydroxyl groups excluding tert-OH is 1. The first-order chi connectivity index (χ1) is 14.5. The van der Waals surface area contributed by atoms with Crippen LogP contribution in [0.2, 0.25) is 0 Å². The molecular formula is C22H26N4O4. The number of benzene rings is 1. The molecule has 2 heterocycles. The number of carbonyl (C=O) groups excluding carboxylic acids is 2. The Morgan fingerprint density at radius 2 is 1.93 bits per heavy atom. The lowest BCUT2D eigenvalue weighted by Crippen LogP contribution is -2.42. The van der Waals surface area contributed by atoms with Gasteiger partial charge in [0.1, 0.15) is 30.6 Å². The normalized spacial score (nSPS) is 16.9. The van der Waals surface area contributed by atoms with Crippen molar-refractivity contribution in [2.24, 2.45) is 5.92 Å². The summed E-state index contributed by atoms with van der Waals surface area (Å²) >= 11 is 0. The average molecular weight is 410 g/mol. The Hall–Kier alpha value is -3.00. The number of piperidine rings is 1. The summed E-state index contributed by atoms with van der Waals surface area (Å²) in [6, 6.07) is 7.67. The van der Waals surface area contributed by atoms with E-state index in [-0.39, 0.29) is 23.8 Å². The van der Waals surface area contributed by atoms with Crippen molar-refractivity contribution in [3.05, 3.63) is 36.2 Å². The van der Waals surface area contributed by atoms with E-state index in [1.54, 1.807) is 11.0 Å². The second-order valence-corrected chi connectivity index (χ2v) is 7.89. The van der Waals surface area contributed by atoms with Crippen LogP contribution in [0.25, 0.3) is 11.3 Å². The van der Waals surface area contributed by atoms with Crippen molar-refractivity contribution >= 4 is 17.6 Å². The first-order valence-corrected chi connectivity index (χ1v) is 10.3. The lowest BCUT2D eigenvalue weighted by atomic mass is 10.1. The fourth-order valence-electron chi connectivity index (χ4n) is 3.60. The second kappa shape index (κ2) is 8.79. The number of likely N-dealkylation sites (tertiary alicyclic amines) is 1. The van der Waals surface area contributed by atoms with Crippen LogP contribution in [0, 0.1) is 12.8 Å². The Labute approximate surface area is 175 Å². The van der Waals surface area contributed by atoms with Gasteiger partial charge in [-0.05, 0) is 43.5 Å². The summed E-state index contributed by atoms with van der Waals surface area (Å²) in [5, 5.41) is 11.8. The number of nitrogens with one attached hydrogen (secondary N) is 1. The molecule has 1 saturated heterocycles. The molecule has 0 spiro atoms. The lowest BCUT2D eigenvalue weighted by Gasteiger charge is -2.32. The van der Waals surface area contributed by atoms with Crippen molar-refractivity contribution in [1.82, 2.24) is 14.9 Å². The number of aliphatic hydroxyl groups is 1. The fraction of sp³-hybridized carbons (Fsp3) is 0.455. The molecule has 0 atom stereocenters. The van der Waals surface area contributed by atoms with Crippen molar-refractivity contribution in [2.45, 2.75) is 38.7 Å². The Balaban J connectivity index is 1.40. The first kappa shape index (κ1) is 20.3. The van der Waals surface area contributed by atoms with Crippen molar-refractivity contribution in [3.63, 3.8) is 0 Å². The van der Waals surface area contributed by atoms with Crippen molar-refractivity contribution < 1.29 is 19.4 Å². The Bertz CT molecular complexity index is 936. The predicted octanol–water partition coefficient (Wildman–Crippen LogP) is 2.16. The number of rotatable bonds is 6. The van der Waals surface area contributed by atoms with Crippen LogP contribution in [0.1, 0.15) is 31.2 Å². The highest BCUT2D eigenvalue weighted by Crippen LogP contribution is 2.31. The van der Waals surface area contributed by atoms with E-state index < -0.39 is 6.61 Å². The van der Waals surface area contributed by atoms with Gasteiger partial charge in [-0.2, -0.15) is 0 Å². The fourth-order valence-corrected chi connectivity index (χ4v) is 3.60. The van der Waals surface area contributed by atoms with E-state index in [0.29, 0.717) is 18.9 Å². The number of hydrogen-bond donors (Lipinski definition) is 2. The van der Waals surface area contributed by atoms with E-state index in [1.165, 1.54) is 6.33 Å². The molecule has 2 aromatic rings. The van der Waals surface area contributed by atoms with Crippen LogP contribution >= 0.6 is 0 Å². The Morgan fingerprint density at radius 3 is 2.60 bits per heavy atom. The van der Waals surface area contributed by atoms with Gasteiger partial charge in [0, 0.05) is 43.5 Å². The highest BCUT2D eigenvalue weighted by Gasteiger charge is 2.30. The highest BCUT2D eigenvalue weighted by molar-refractivity contribution is 5.93. The molecule has 1 aliphatic carbocycles. The molecular weight excluding hydrogens is 384 g/mol. The zero-order valence-electron chi connectivity index (χ0n) is 17.0. The summed E-state index contributed by atoms with van der Waals surface area (Å²) in [5.41, 5.74) is 2.65. The van der Waals surface area contributed by atoms with E-state index in [2.05, 4.69) is 15.3 Å². The monoisotopic (exact) mass is 410 g/mol. The van der Waals surface area contributed by atoms with Gasteiger partial charge in [0.25, 0.3) is 0 Å². The maximum Gasteiger partial charge on any atom is 0.248 e. The van der Waals surface area contributed by atoms with E-state index in [9.17, 15) is 9.59 Å². The molecule has 1 aromatic carbocycles. The van der Waals surface area contributed by atoms with Gasteiger partial charge in [0.15, 0.2) is 0 Å². The third kappa shape index (κ3) is 4.76. The third-order valence-electron chi connectivity index (χ3n) is 5.56. The SMILES string of the molecule is Cc1cc(-c2cc(NC(=O)C3CC3)ncn2)ccc1OC1CCN(C(=O)CO)CC1. The number of anilines is 1. The zero-order chi connectivity index (χ0) is 21.1. The molecule has 8 heteroatoms. The number of ether oxygens (including phenoxy) is 1. The lowest BCUT2D eigenvalue weighted by molar-refractivity contribution is -0.136. The summed E-state index contributed by atoms with van der Waals surface area (Å²) in [6.07, 6.45) is 4.87. The van der Waals surface area contributed by atoms with Crippen LogP contribution in [-0.4, -0.2) is 57.6 Å². The van der Waals surface area contributed by atoms with Gasteiger partial charge in [-0.15, -0.1) is 0 Å². The van der Waals surface area contributed by atoms with E-state index >= 15 is 0 Å². The summed E-state index contributed by atoms with van der Waals surface area (Å²) in [4.78, 5) is 33.7. The molecule has 2 amide bonds. The van der Waals surface area contributed by atoms with Crippen molar-refractivity contribution in [2.75, 3.05) is 25.0 Å². The van der Waals surface area contributed by atoms with Crippen LogP contribution in [0.3, 0.4) is 0 Å². The molecule has 158 valence electrons. The standard InChI is InChI=1S/C22H26N4O4/c1-14-10-16(18-11-20(24-13-23-18)25-22(29)15-2-3-15)4-5-19(14)30-17-6-8-26(9-7-17)21(28)12-27/h4-5,10-11,13,15,17,27H,2-3,6-9,12H2,1H3,(H,23,24,25,29). The van der Waals surface area contributed by atoms with Crippen LogP contribution in [-0.2, 0) is 9.59 Å². The smallest absolute Gasteiger partial charge is 0.248 e. The molecule has 2 fully saturated rings. The molecule has 1 aromatic heterocycles. The van der Waals surface area contributed by atoms with Crippen molar-refractivity contribution in [3.8, 4) is 17.0 Å². The van der Waals surface area contributed by atoms with Gasteiger partial charge >= 0.3 is 0 Å². The van der Waals surface area contributed by atoms with Crippen LogP contribution in [0.5, 0.6) is 5.75 Å². The predicted molar refractivity (Wildman–Crippen MR) is 111 cm³/mol. The average Bonchev–Trinajstić information content (AvgIpc) is 3.61. The number of hydrogen-bond acceptors (Lipinski definition) is 6. The van der Waals surface area contributed by atoms with Crippen LogP contribution in [0.4, 0.5) is 5.82 Å². The maximum atomic E-state index is 12.0. The number of aromatic nitrogens is 2. The van der Waals surface area contributed by atoms with E-state index in [1.807, 2.05) is 25.1 Å². The van der Waals surface area contributed by atoms with Gasteiger partial charge in [-0.1, -0.05) is 0 Å². The molecule has 0 unspecified atom stereocenters. The Morgan fingerprint density at radius 1 is 1.17 bits per heavy atom. The zero-order valence-corrected chi connectivity index (χ0v) is 17.0. The second-order valence-electron chi connectivity index (χ2n) is 7.89. The molecule has 0 bridgehead atoms. The number of amides is 2. The molecule has 2 N–H and O–H groups in total. The van der Waals surface area contributed by atoms with Gasteiger partial charge in [-0.25, -0.2) is 9.97 Å². The number of nitrogens with zero attached hydrogens (tertiary/aromatic N) is 3.